The molecule has 3 aromatic carbocycles. The second-order valence-corrected chi connectivity index (χ2v) is 9.21. The van der Waals surface area contributed by atoms with Crippen LogP contribution in [0.3, 0.4) is 0 Å². The molecule has 0 saturated carbocycles. The van der Waals surface area contributed by atoms with Crippen molar-refractivity contribution < 1.29 is 14.3 Å². The van der Waals surface area contributed by atoms with Crippen LogP contribution in [0.4, 0.5) is 5.69 Å². The van der Waals surface area contributed by atoms with E-state index in [0.717, 1.165) is 39.4 Å². The average Bonchev–Trinajstić information content (AvgIpc) is 2.78. The second-order valence-electron chi connectivity index (χ2n) is 9.21. The summed E-state index contributed by atoms with van der Waals surface area (Å²) < 4.78 is 10.9. The van der Waals surface area contributed by atoms with Crippen molar-refractivity contribution in [1.82, 2.24) is 0 Å². The van der Waals surface area contributed by atoms with Gasteiger partial charge in [-0.25, -0.2) is 0 Å². The van der Waals surface area contributed by atoms with Crippen LogP contribution in [0.1, 0.15) is 42.6 Å². The van der Waals surface area contributed by atoms with Gasteiger partial charge < -0.3 is 15.2 Å². The highest BCUT2D eigenvalue weighted by molar-refractivity contribution is 6.20. The molecule has 0 aromatic heterocycles. The molecule has 2 aliphatic carbocycles. The van der Waals surface area contributed by atoms with Gasteiger partial charge in [0, 0.05) is 23.1 Å². The Kier molecular flexibility index (Phi) is 4.63. The fourth-order valence-corrected chi connectivity index (χ4v) is 5.13. The quantitative estimate of drug-likeness (QED) is 0.491. The van der Waals surface area contributed by atoms with Crippen LogP contribution in [-0.4, -0.2) is 20.0 Å². The Bertz CT molecular complexity index is 1340. The number of ether oxygens (including phenoxy) is 2. The number of carbonyl (C=O) groups is 1. The molecule has 0 saturated heterocycles. The lowest BCUT2D eigenvalue weighted by Crippen LogP contribution is -2.24. The number of nitrogen functional groups attached to an aromatic ring is 1. The van der Waals surface area contributed by atoms with E-state index in [9.17, 15) is 4.79 Å². The van der Waals surface area contributed by atoms with Gasteiger partial charge in [0.15, 0.2) is 17.3 Å². The van der Waals surface area contributed by atoms with Gasteiger partial charge in [0.05, 0.1) is 14.2 Å². The predicted octanol–water partition coefficient (Wildman–Crippen LogP) is 6.43. The molecule has 0 radical (unpaired) electrons. The number of Topliss-reactive ketones (excluding diaryl/α,β-unsaturated/α-hetero) is 1. The molecule has 0 fully saturated rings. The molecule has 2 N–H and O–H groups in total. The van der Waals surface area contributed by atoms with E-state index < -0.39 is 0 Å². The maximum absolute atomic E-state index is 13.6. The van der Waals surface area contributed by atoms with Gasteiger partial charge in [-0.1, -0.05) is 44.2 Å². The Balaban J connectivity index is 1.84. The topological polar surface area (TPSA) is 61.5 Å². The van der Waals surface area contributed by atoms with E-state index in [1.165, 1.54) is 11.1 Å². The fourth-order valence-electron chi connectivity index (χ4n) is 5.13. The molecular formula is C28H27NO3. The summed E-state index contributed by atoms with van der Waals surface area (Å²) in [5.74, 6) is 1.46. The van der Waals surface area contributed by atoms with Gasteiger partial charge in [0.25, 0.3) is 0 Å². The van der Waals surface area contributed by atoms with Crippen LogP contribution < -0.4 is 15.2 Å². The number of ketones is 1. The van der Waals surface area contributed by atoms with Gasteiger partial charge in [-0.3, -0.25) is 4.79 Å². The Hall–Kier alpha value is -3.53. The molecule has 32 heavy (non-hydrogen) atoms. The summed E-state index contributed by atoms with van der Waals surface area (Å²) in [6.45, 7) is 4.45. The number of hydrogen-bond acceptors (Lipinski definition) is 4. The van der Waals surface area contributed by atoms with Gasteiger partial charge in [0.2, 0.25) is 0 Å². The zero-order valence-corrected chi connectivity index (χ0v) is 18.9. The Morgan fingerprint density at radius 1 is 0.938 bits per heavy atom. The smallest absolute Gasteiger partial charge is 0.168 e. The van der Waals surface area contributed by atoms with Crippen LogP contribution in [0, 0.1) is 5.41 Å². The van der Waals surface area contributed by atoms with Crippen LogP contribution in [0.5, 0.6) is 11.5 Å². The monoisotopic (exact) mass is 425 g/mol. The van der Waals surface area contributed by atoms with E-state index >= 15 is 0 Å². The van der Waals surface area contributed by atoms with E-state index in [-0.39, 0.29) is 11.2 Å². The summed E-state index contributed by atoms with van der Waals surface area (Å²) >= 11 is 0. The van der Waals surface area contributed by atoms with Gasteiger partial charge in [-0.2, -0.15) is 0 Å². The summed E-state index contributed by atoms with van der Waals surface area (Å²) in [7, 11) is 3.24. The summed E-state index contributed by atoms with van der Waals surface area (Å²) in [6, 6.07) is 13.8. The summed E-state index contributed by atoms with van der Waals surface area (Å²) in [5, 5.41) is 1.90. The van der Waals surface area contributed by atoms with E-state index in [1.807, 2.05) is 30.3 Å². The molecule has 3 aromatic rings. The van der Waals surface area contributed by atoms with Crippen molar-refractivity contribution in [3.63, 3.8) is 0 Å². The molecule has 0 heterocycles. The van der Waals surface area contributed by atoms with Crippen molar-refractivity contribution in [3.8, 4) is 22.6 Å². The van der Waals surface area contributed by atoms with E-state index in [2.05, 4.69) is 38.1 Å². The van der Waals surface area contributed by atoms with Crippen molar-refractivity contribution in [2.24, 2.45) is 5.41 Å². The van der Waals surface area contributed by atoms with Crippen molar-refractivity contribution in [2.75, 3.05) is 20.0 Å². The summed E-state index contributed by atoms with van der Waals surface area (Å²) in [6.07, 6.45) is 5.82. The molecule has 4 nitrogen and oxygen atoms in total. The highest BCUT2D eigenvalue weighted by atomic mass is 16.5. The first-order valence-electron chi connectivity index (χ1n) is 10.9. The van der Waals surface area contributed by atoms with Crippen molar-refractivity contribution in [1.29, 1.82) is 0 Å². The number of methoxy groups -OCH3 is 2. The molecule has 0 unspecified atom stereocenters. The van der Waals surface area contributed by atoms with Gasteiger partial charge in [-0.05, 0) is 69.3 Å². The Morgan fingerprint density at radius 2 is 1.72 bits per heavy atom. The average molecular weight is 426 g/mol. The van der Waals surface area contributed by atoms with E-state index in [0.29, 0.717) is 23.6 Å². The number of carbonyl (C=O) groups excluding carboxylic acids is 1. The number of allylic oxidation sites excluding steroid dienone is 4. The summed E-state index contributed by atoms with van der Waals surface area (Å²) in [5.41, 5.74) is 13.0. The minimum Gasteiger partial charge on any atom is -0.493 e. The van der Waals surface area contributed by atoms with Crippen LogP contribution >= 0.6 is 0 Å². The molecule has 2 aliphatic rings. The van der Waals surface area contributed by atoms with Crippen LogP contribution in [0.15, 0.2) is 60.2 Å². The zero-order chi connectivity index (χ0) is 22.6. The van der Waals surface area contributed by atoms with Gasteiger partial charge >= 0.3 is 0 Å². The number of fused-ring (bicyclic) bond motifs is 4. The van der Waals surface area contributed by atoms with Crippen molar-refractivity contribution >= 4 is 27.8 Å². The molecule has 162 valence electrons. The van der Waals surface area contributed by atoms with E-state index in [1.54, 1.807) is 14.2 Å². The third-order valence-electron chi connectivity index (χ3n) is 6.80. The maximum Gasteiger partial charge on any atom is 0.168 e. The molecule has 0 spiro atoms. The van der Waals surface area contributed by atoms with Gasteiger partial charge in [0.1, 0.15) is 0 Å². The minimum atomic E-state index is -0.0142. The Labute approximate surface area is 188 Å². The lowest BCUT2D eigenvalue weighted by Gasteiger charge is -2.35. The maximum atomic E-state index is 13.6. The highest BCUT2D eigenvalue weighted by Gasteiger charge is 2.35. The second kappa shape index (κ2) is 7.27. The molecular weight excluding hydrogens is 398 g/mol. The third-order valence-corrected chi connectivity index (χ3v) is 6.80. The Morgan fingerprint density at radius 3 is 2.47 bits per heavy atom. The minimum absolute atomic E-state index is 0.0142. The highest BCUT2D eigenvalue weighted by Crippen LogP contribution is 2.49. The lowest BCUT2D eigenvalue weighted by atomic mass is 9.68. The first-order chi connectivity index (χ1) is 15.3. The number of hydrogen-bond donors (Lipinski definition) is 1. The zero-order valence-electron chi connectivity index (χ0n) is 18.9. The largest absolute Gasteiger partial charge is 0.493 e. The molecule has 0 amide bonds. The van der Waals surface area contributed by atoms with E-state index in [4.69, 9.17) is 15.2 Å². The SMILES string of the molecule is COc1ccc(-c2cc(N)cc3ccc4c(c23)C(=O)CC2=C4C=CCC2(C)C)cc1OC. The fraction of sp³-hybridized carbons (Fsp3) is 0.250. The lowest BCUT2D eigenvalue weighted by molar-refractivity contribution is 0.0985. The van der Waals surface area contributed by atoms with Crippen LogP contribution in [-0.2, 0) is 0 Å². The van der Waals surface area contributed by atoms with Crippen LogP contribution in [0.2, 0.25) is 0 Å². The summed E-state index contributed by atoms with van der Waals surface area (Å²) in [4.78, 5) is 13.6. The van der Waals surface area contributed by atoms with Crippen molar-refractivity contribution in [2.45, 2.75) is 26.7 Å². The number of nitrogens with two attached hydrogens (primary N) is 1. The van der Waals surface area contributed by atoms with Crippen LogP contribution in [0.25, 0.3) is 27.5 Å². The van der Waals surface area contributed by atoms with Crippen molar-refractivity contribution in [3.05, 3.63) is 71.3 Å². The normalized spacial score (nSPS) is 16.7. The molecule has 0 bridgehead atoms. The molecule has 5 rings (SSSR count). The number of anilines is 1. The number of rotatable bonds is 3. The molecule has 0 aliphatic heterocycles. The molecule has 0 atom stereocenters. The van der Waals surface area contributed by atoms with Gasteiger partial charge in [-0.15, -0.1) is 0 Å². The standard InChI is InChI=1S/C28H27NO3/c1-28(2)11-5-6-19-20-9-7-17-12-18(29)14-21(26(17)27(20)23(30)15-22(19)28)16-8-10-24(31-3)25(13-16)32-4/h5-10,12-14H,11,15,29H2,1-4H3. The molecule has 4 heteroatoms. The first kappa shape index (κ1) is 20.4. The first-order valence-corrected chi connectivity index (χ1v) is 10.9. The number of benzene rings is 3. The third kappa shape index (κ3) is 3.01. The predicted molar refractivity (Wildman–Crippen MR) is 130 cm³/mol.